The smallest absolute Gasteiger partial charge is 0.242 e. The highest BCUT2D eigenvalue weighted by Gasteiger charge is 2.44. The number of benzene rings is 1. The van der Waals surface area contributed by atoms with Crippen molar-refractivity contribution < 1.29 is 47.7 Å². The molecule has 0 aliphatic carbocycles. The van der Waals surface area contributed by atoms with Crippen LogP contribution in [0.2, 0.25) is 0 Å². The van der Waals surface area contributed by atoms with Gasteiger partial charge >= 0.3 is 0 Å². The summed E-state index contributed by atoms with van der Waals surface area (Å²) in [4.78, 5) is 70.7. The van der Waals surface area contributed by atoms with Crippen molar-refractivity contribution in [3.05, 3.63) is 29.6 Å². The fourth-order valence-electron chi connectivity index (χ4n) is 6.86. The molecule has 2 rings (SSSR count). The van der Waals surface area contributed by atoms with Gasteiger partial charge in [-0.25, -0.2) is 4.39 Å². The number of carbonyl (C=O) groups is 5. The maximum absolute atomic E-state index is 14.1. The largest absolute Gasteiger partial charge is 0.494 e. The van der Waals surface area contributed by atoms with Gasteiger partial charge in [-0.1, -0.05) is 54.4 Å². The minimum Gasteiger partial charge on any atom is -0.494 e. The number of likely N-dealkylation sites (N-methyl/N-ethyl adjacent to an activating group) is 2. The Morgan fingerprint density at radius 2 is 1.57 bits per heavy atom. The van der Waals surface area contributed by atoms with E-state index in [0.29, 0.717) is 12.8 Å². The molecule has 0 saturated carbocycles. The Hall–Kier alpha value is -3.66. The summed E-state index contributed by atoms with van der Waals surface area (Å²) >= 11 is 0. The van der Waals surface area contributed by atoms with Gasteiger partial charge in [0.25, 0.3) is 0 Å². The molecule has 308 valence electrons. The summed E-state index contributed by atoms with van der Waals surface area (Å²) in [6.45, 7) is 11.1. The summed E-state index contributed by atoms with van der Waals surface area (Å²) in [5, 5.41) is 16.0. The molecular weight excluding hydrogens is 701 g/mol. The molecule has 1 fully saturated rings. The minimum atomic E-state index is -0.865. The predicted octanol–water partition coefficient (Wildman–Crippen LogP) is 2.90. The molecular formula is C39H66FN5O9. The van der Waals surface area contributed by atoms with Crippen LogP contribution in [0.4, 0.5) is 4.39 Å². The molecule has 54 heavy (non-hydrogen) atoms. The second-order valence-electron chi connectivity index (χ2n) is 14.4. The Morgan fingerprint density at radius 3 is 2.07 bits per heavy atom. The highest BCUT2D eigenvalue weighted by atomic mass is 19.1. The first-order valence-electron chi connectivity index (χ1n) is 18.8. The van der Waals surface area contributed by atoms with Crippen LogP contribution in [0.15, 0.2) is 18.2 Å². The van der Waals surface area contributed by atoms with E-state index in [4.69, 9.17) is 14.2 Å². The first-order valence-corrected chi connectivity index (χ1v) is 18.8. The molecule has 1 heterocycles. The van der Waals surface area contributed by atoms with E-state index in [9.17, 15) is 33.5 Å². The van der Waals surface area contributed by atoms with Gasteiger partial charge in [-0.15, -0.1) is 0 Å². The number of halogens is 1. The molecule has 0 bridgehead atoms. The molecule has 1 saturated heterocycles. The zero-order valence-corrected chi connectivity index (χ0v) is 34.4. The summed E-state index contributed by atoms with van der Waals surface area (Å²) in [6.07, 6.45) is 0.102. The van der Waals surface area contributed by atoms with E-state index in [2.05, 4.69) is 24.5 Å². The minimum absolute atomic E-state index is 0.0100. The van der Waals surface area contributed by atoms with Crippen molar-refractivity contribution in [3.63, 3.8) is 0 Å². The molecule has 1 aromatic carbocycles. The van der Waals surface area contributed by atoms with Gasteiger partial charge in [0.1, 0.15) is 0 Å². The molecule has 3 N–H and O–H groups in total. The Bertz CT molecular complexity index is 1360. The van der Waals surface area contributed by atoms with E-state index in [1.54, 1.807) is 18.9 Å². The number of likely N-dealkylation sites (tertiary alicyclic amines) is 1. The first kappa shape index (κ1) is 48.4. The molecule has 14 nitrogen and oxygen atoms in total. The molecule has 7 atom stereocenters. The van der Waals surface area contributed by atoms with E-state index in [1.807, 2.05) is 34.9 Å². The SMILES string of the molecule is CCC.CCCC(C(CC(=O)N1CC(O)CC1C(OC)C(C)C(=O)NCC(=O)c1ccc(OC)c(F)c1)OC)N(C)C(=O)CNC(=O)C(C(C)C)N(C)C. The number of nitrogens with one attached hydrogen (secondary N) is 2. The normalized spacial score (nSPS) is 18.2. The van der Waals surface area contributed by atoms with Crippen LogP contribution in [0.25, 0.3) is 0 Å². The van der Waals surface area contributed by atoms with E-state index in [-0.39, 0.29) is 67.4 Å². The average Bonchev–Trinajstić information content (AvgIpc) is 3.51. The van der Waals surface area contributed by atoms with Gasteiger partial charge in [0, 0.05) is 33.4 Å². The van der Waals surface area contributed by atoms with Crippen molar-refractivity contribution in [1.82, 2.24) is 25.3 Å². The second-order valence-corrected chi connectivity index (χ2v) is 14.4. The van der Waals surface area contributed by atoms with Crippen LogP contribution in [0.3, 0.4) is 0 Å². The van der Waals surface area contributed by atoms with Crippen LogP contribution < -0.4 is 15.4 Å². The van der Waals surface area contributed by atoms with Gasteiger partial charge in [0.2, 0.25) is 23.6 Å². The number of methoxy groups -OCH3 is 3. The third-order valence-corrected chi connectivity index (χ3v) is 9.55. The van der Waals surface area contributed by atoms with E-state index < -0.39 is 59.9 Å². The van der Waals surface area contributed by atoms with Crippen LogP contribution >= 0.6 is 0 Å². The number of ether oxygens (including phenoxy) is 3. The topological polar surface area (TPSA) is 167 Å². The van der Waals surface area contributed by atoms with Crippen molar-refractivity contribution in [2.75, 3.05) is 62.1 Å². The van der Waals surface area contributed by atoms with E-state index in [1.165, 1.54) is 49.7 Å². The van der Waals surface area contributed by atoms with Crippen molar-refractivity contribution in [3.8, 4) is 5.75 Å². The van der Waals surface area contributed by atoms with Crippen molar-refractivity contribution in [1.29, 1.82) is 0 Å². The third-order valence-electron chi connectivity index (χ3n) is 9.55. The van der Waals surface area contributed by atoms with Crippen molar-refractivity contribution in [2.45, 2.75) is 110 Å². The van der Waals surface area contributed by atoms with E-state index in [0.717, 1.165) is 6.07 Å². The van der Waals surface area contributed by atoms with Crippen molar-refractivity contribution >= 4 is 29.4 Å². The number of carbonyl (C=O) groups excluding carboxylic acids is 5. The van der Waals surface area contributed by atoms with Crippen molar-refractivity contribution in [2.24, 2.45) is 11.8 Å². The van der Waals surface area contributed by atoms with Gasteiger partial charge in [-0.05, 0) is 51.1 Å². The van der Waals surface area contributed by atoms with Crippen LogP contribution in [0.1, 0.15) is 84.0 Å². The number of ketones is 1. The fraction of sp³-hybridized carbons (Fsp3) is 0.718. The summed E-state index contributed by atoms with van der Waals surface area (Å²) in [5.74, 6) is -3.48. The highest BCUT2D eigenvalue weighted by molar-refractivity contribution is 5.99. The maximum atomic E-state index is 14.1. The molecule has 0 radical (unpaired) electrons. The summed E-state index contributed by atoms with van der Waals surface area (Å²) in [7, 11) is 9.42. The predicted molar refractivity (Wildman–Crippen MR) is 205 cm³/mol. The molecule has 1 aliphatic rings. The molecule has 1 aromatic rings. The van der Waals surface area contributed by atoms with Gasteiger partial charge in [0.05, 0.1) is 69.0 Å². The van der Waals surface area contributed by atoms with Crippen LogP contribution in [0.5, 0.6) is 5.75 Å². The Morgan fingerprint density at radius 1 is 0.963 bits per heavy atom. The number of aliphatic hydroxyl groups is 1. The van der Waals surface area contributed by atoms with Gasteiger partial charge in [0.15, 0.2) is 17.3 Å². The van der Waals surface area contributed by atoms with E-state index >= 15 is 0 Å². The molecule has 0 aromatic heterocycles. The zero-order chi connectivity index (χ0) is 41.3. The number of rotatable bonds is 20. The molecule has 0 spiro atoms. The zero-order valence-electron chi connectivity index (χ0n) is 34.4. The first-order chi connectivity index (χ1) is 25.4. The van der Waals surface area contributed by atoms with Gasteiger partial charge in [-0.2, -0.15) is 0 Å². The standard InChI is InChI=1S/C36H58FN5O9.C3H8/c1-11-12-26(41(7)32(46)19-39-36(48)33(21(2)3)40(5)6)30(50-9)17-31(45)42-20-24(43)16-27(42)34(51-10)22(4)35(47)38-18-28(44)23-13-14-29(49-8)25(37)15-23;1-3-2/h13-15,21-22,24,26-27,30,33-34,43H,11-12,16-20H2,1-10H3,(H,38,47)(H,39,48);3H2,1-2H3. The van der Waals surface area contributed by atoms with Crippen LogP contribution in [-0.2, 0) is 28.7 Å². The number of hydrogen-bond acceptors (Lipinski definition) is 10. The number of amides is 4. The van der Waals surface area contributed by atoms with Crippen LogP contribution in [0, 0.1) is 17.7 Å². The fourth-order valence-corrected chi connectivity index (χ4v) is 6.86. The summed E-state index contributed by atoms with van der Waals surface area (Å²) in [6, 6.07) is 2.20. The number of aliphatic hydroxyl groups excluding tert-OH is 1. The lowest BCUT2D eigenvalue weighted by Crippen LogP contribution is -2.53. The van der Waals surface area contributed by atoms with Gasteiger partial charge in [-0.3, -0.25) is 28.9 Å². The third kappa shape index (κ3) is 13.9. The Labute approximate surface area is 321 Å². The molecule has 7 unspecified atom stereocenters. The van der Waals surface area contributed by atoms with Crippen LogP contribution in [-0.4, -0.2) is 148 Å². The Kier molecular flexibility index (Phi) is 21.5. The average molecular weight is 768 g/mol. The lowest BCUT2D eigenvalue weighted by molar-refractivity contribution is -0.145. The summed E-state index contributed by atoms with van der Waals surface area (Å²) < 4.78 is 30.5. The quantitative estimate of drug-likeness (QED) is 0.168. The number of hydrogen-bond donors (Lipinski definition) is 3. The molecule has 15 heteroatoms. The van der Waals surface area contributed by atoms with Gasteiger partial charge < -0.3 is 39.8 Å². The lowest BCUT2D eigenvalue weighted by atomic mass is 9.93. The summed E-state index contributed by atoms with van der Waals surface area (Å²) in [5.41, 5.74) is 0.0653. The lowest BCUT2D eigenvalue weighted by Gasteiger charge is -2.37. The number of Topliss-reactive ketones (excluding diaryl/α,β-unsaturated/α-hetero) is 1. The monoisotopic (exact) mass is 767 g/mol. The molecule has 4 amide bonds. The molecule has 1 aliphatic heterocycles. The number of nitrogens with zero attached hydrogens (tertiary/aromatic N) is 3. The maximum Gasteiger partial charge on any atom is 0.242 e. The highest BCUT2D eigenvalue weighted by Crippen LogP contribution is 2.29. The second kappa shape index (κ2) is 24.0. The number of β-amino-alcohol motifs (C(OH)–C–C–N with tert-alkyl or cyclic N) is 1. The Balaban J connectivity index is 0.00000469.